The van der Waals surface area contributed by atoms with Gasteiger partial charge in [-0.05, 0) is 48.4 Å². The molecule has 0 bridgehead atoms. The Hall–Kier alpha value is -2.52. The number of aromatic amines is 1. The molecule has 188 valence electrons. The summed E-state index contributed by atoms with van der Waals surface area (Å²) in [4.78, 5) is 13.9. The summed E-state index contributed by atoms with van der Waals surface area (Å²) < 4.78 is 48.8. The van der Waals surface area contributed by atoms with Crippen molar-refractivity contribution in [3.8, 4) is 5.75 Å². The van der Waals surface area contributed by atoms with Gasteiger partial charge in [0.2, 0.25) is 5.95 Å². The largest absolute Gasteiger partial charge is 0.493 e. The lowest BCUT2D eigenvalue weighted by molar-refractivity contribution is -0.266. The minimum Gasteiger partial charge on any atom is -0.493 e. The molecule has 1 aromatic carbocycles. The van der Waals surface area contributed by atoms with Gasteiger partial charge in [-0.15, -0.1) is 0 Å². The fourth-order valence-electron chi connectivity index (χ4n) is 5.31. The third kappa shape index (κ3) is 4.56. The van der Waals surface area contributed by atoms with Crippen molar-refractivity contribution in [2.45, 2.75) is 63.1 Å². The molecule has 0 saturated carbocycles. The summed E-state index contributed by atoms with van der Waals surface area (Å²) in [6, 6.07) is 4.99. The maximum Gasteiger partial charge on any atom is 0.417 e. The van der Waals surface area contributed by atoms with Crippen molar-refractivity contribution in [2.75, 3.05) is 24.6 Å². The summed E-state index contributed by atoms with van der Waals surface area (Å²) in [5.74, 6) is 1.14. The number of fused-ring (bicyclic) bond motifs is 2. The monoisotopic (exact) mass is 508 g/mol. The van der Waals surface area contributed by atoms with Gasteiger partial charge in [-0.25, -0.2) is 9.97 Å². The number of rotatable bonds is 6. The Morgan fingerprint density at radius 2 is 1.91 bits per heavy atom. The molecule has 2 N–H and O–H groups in total. The Morgan fingerprint density at radius 3 is 2.63 bits per heavy atom. The zero-order valence-electron chi connectivity index (χ0n) is 19.7. The van der Waals surface area contributed by atoms with Crippen LogP contribution in [0.3, 0.4) is 0 Å². The number of ether oxygens (including phenoxy) is 1. The summed E-state index contributed by atoms with van der Waals surface area (Å²) >= 11 is 6.27. The quantitative estimate of drug-likeness (QED) is 0.469. The van der Waals surface area contributed by atoms with Gasteiger partial charge in [0, 0.05) is 42.2 Å². The van der Waals surface area contributed by atoms with Crippen molar-refractivity contribution in [2.24, 2.45) is 0 Å². The first kappa shape index (κ1) is 24.2. The molecule has 4 heterocycles. The van der Waals surface area contributed by atoms with Crippen LogP contribution in [0.5, 0.6) is 5.75 Å². The Morgan fingerprint density at radius 1 is 1.17 bits per heavy atom. The maximum atomic E-state index is 14.4. The molecule has 5 rings (SSSR count). The van der Waals surface area contributed by atoms with Crippen LogP contribution in [0.2, 0.25) is 5.02 Å². The molecular weight excluding hydrogens is 481 g/mol. The van der Waals surface area contributed by atoms with Gasteiger partial charge in [0.1, 0.15) is 5.75 Å². The number of aromatic nitrogens is 3. The van der Waals surface area contributed by atoms with Crippen molar-refractivity contribution in [1.82, 2.24) is 15.0 Å². The van der Waals surface area contributed by atoms with Crippen LogP contribution in [0.25, 0.3) is 11.0 Å². The highest BCUT2D eigenvalue weighted by Gasteiger charge is 2.56. The molecule has 0 amide bonds. The van der Waals surface area contributed by atoms with Crippen LogP contribution in [0.15, 0.2) is 24.4 Å². The Balaban J connectivity index is 1.46. The van der Waals surface area contributed by atoms with E-state index in [1.54, 1.807) is 38.2 Å². The van der Waals surface area contributed by atoms with E-state index in [1.807, 2.05) is 0 Å². The minimum absolute atomic E-state index is 0.246. The lowest BCUT2D eigenvalue weighted by Crippen LogP contribution is -2.51. The molecule has 35 heavy (non-hydrogen) atoms. The molecule has 10 heteroatoms. The first-order valence-corrected chi connectivity index (χ1v) is 12.2. The first-order chi connectivity index (χ1) is 16.5. The van der Waals surface area contributed by atoms with E-state index in [-0.39, 0.29) is 5.69 Å². The molecule has 1 unspecified atom stereocenters. The maximum absolute atomic E-state index is 14.4. The molecule has 0 aliphatic carbocycles. The number of halogens is 4. The van der Waals surface area contributed by atoms with Crippen LogP contribution >= 0.6 is 11.6 Å². The number of hydrogen-bond donors (Lipinski definition) is 2. The Kier molecular flexibility index (Phi) is 5.91. The van der Waals surface area contributed by atoms with Gasteiger partial charge >= 0.3 is 6.18 Å². The number of anilines is 1. The van der Waals surface area contributed by atoms with E-state index >= 15 is 0 Å². The van der Waals surface area contributed by atoms with Crippen LogP contribution < -0.4 is 9.64 Å². The van der Waals surface area contributed by atoms with Crippen molar-refractivity contribution in [3.05, 3.63) is 46.2 Å². The first-order valence-electron chi connectivity index (χ1n) is 11.8. The number of benzene rings is 1. The average Bonchev–Trinajstić information content (AvgIpc) is 3.51. The van der Waals surface area contributed by atoms with E-state index in [0.717, 1.165) is 31.5 Å². The summed E-state index contributed by atoms with van der Waals surface area (Å²) in [7, 11) is 0. The van der Waals surface area contributed by atoms with Gasteiger partial charge in [-0.1, -0.05) is 25.4 Å². The summed E-state index contributed by atoms with van der Waals surface area (Å²) in [5, 5.41) is 11.5. The molecule has 2 aliphatic heterocycles. The molecule has 0 spiro atoms. The highest BCUT2D eigenvalue weighted by molar-refractivity contribution is 6.30. The molecular formula is C25H28ClF3N4O2. The molecule has 1 atom stereocenters. The van der Waals surface area contributed by atoms with Crippen LogP contribution in [-0.4, -0.2) is 51.5 Å². The average molecular weight is 509 g/mol. The number of hydrogen-bond acceptors (Lipinski definition) is 5. The van der Waals surface area contributed by atoms with Crippen molar-refractivity contribution in [3.63, 3.8) is 0 Å². The summed E-state index contributed by atoms with van der Waals surface area (Å²) in [5.41, 5.74) is -1.31. The minimum atomic E-state index is -4.86. The molecule has 1 saturated heterocycles. The highest BCUT2D eigenvalue weighted by atomic mass is 35.5. The smallest absolute Gasteiger partial charge is 0.417 e. The van der Waals surface area contributed by atoms with Crippen LogP contribution in [-0.2, 0) is 18.3 Å². The van der Waals surface area contributed by atoms with Crippen molar-refractivity contribution >= 4 is 28.6 Å². The van der Waals surface area contributed by atoms with Gasteiger partial charge in [-0.2, -0.15) is 13.2 Å². The van der Waals surface area contributed by atoms with Gasteiger partial charge in [-0.3, -0.25) is 0 Å². The standard InChI is InChI=1S/C25H28ClF3N4O2/c1-23(2,18-10-16(26)9-15-5-8-35-21(15)18)14-24(34,25(27,28)29)12-17-11-19-20(31-17)13-30-22(32-19)33-6-3-4-7-33/h9-11,13,31,34H,3-8,12,14H2,1-2H3. The van der Waals surface area contributed by atoms with Gasteiger partial charge < -0.3 is 19.7 Å². The van der Waals surface area contributed by atoms with E-state index < -0.39 is 30.0 Å². The van der Waals surface area contributed by atoms with Gasteiger partial charge in [0.25, 0.3) is 0 Å². The second-order valence-corrected chi connectivity index (χ2v) is 10.7. The molecule has 1 fully saturated rings. The zero-order chi connectivity index (χ0) is 25.0. The normalized spacial score (nSPS) is 18.1. The molecule has 6 nitrogen and oxygen atoms in total. The number of aliphatic hydroxyl groups is 1. The molecule has 3 aromatic rings. The molecule has 0 radical (unpaired) electrons. The Bertz CT molecular complexity index is 1250. The topological polar surface area (TPSA) is 74.3 Å². The predicted molar refractivity (Wildman–Crippen MR) is 128 cm³/mol. The number of alkyl halides is 3. The lowest BCUT2D eigenvalue weighted by Gasteiger charge is -2.38. The van der Waals surface area contributed by atoms with Crippen molar-refractivity contribution < 1.29 is 23.0 Å². The second kappa shape index (κ2) is 8.55. The van der Waals surface area contributed by atoms with E-state index in [4.69, 9.17) is 16.3 Å². The fourth-order valence-corrected chi connectivity index (χ4v) is 5.55. The number of nitrogens with zero attached hydrogens (tertiary/aromatic N) is 3. The third-order valence-corrected chi connectivity index (χ3v) is 7.24. The van der Waals surface area contributed by atoms with Crippen LogP contribution in [0.1, 0.15) is 49.9 Å². The third-order valence-electron chi connectivity index (χ3n) is 7.02. The number of H-pyrrole nitrogens is 1. The Labute approximate surface area is 206 Å². The van der Waals surface area contributed by atoms with E-state index in [2.05, 4.69) is 19.9 Å². The molecule has 2 aliphatic rings. The summed E-state index contributed by atoms with van der Waals surface area (Å²) in [6.07, 6.45) is -1.71. The molecule has 2 aromatic heterocycles. The number of nitrogens with one attached hydrogen (secondary N) is 1. The second-order valence-electron chi connectivity index (χ2n) is 10.3. The van der Waals surface area contributed by atoms with Crippen molar-refractivity contribution in [1.29, 1.82) is 0 Å². The summed E-state index contributed by atoms with van der Waals surface area (Å²) in [6.45, 7) is 5.54. The van der Waals surface area contributed by atoms with Gasteiger partial charge in [0.15, 0.2) is 5.60 Å². The predicted octanol–water partition coefficient (Wildman–Crippen LogP) is 5.35. The van der Waals surface area contributed by atoms with Crippen LogP contribution in [0.4, 0.5) is 19.1 Å². The van der Waals surface area contributed by atoms with Crippen LogP contribution in [0, 0.1) is 0 Å². The zero-order valence-corrected chi connectivity index (χ0v) is 20.4. The van der Waals surface area contributed by atoms with Gasteiger partial charge in [0.05, 0.1) is 23.8 Å². The SMILES string of the molecule is CC(C)(CC(O)(Cc1cc2nc(N3CCCC3)ncc2[nH]1)C(F)(F)F)c1cc(Cl)cc2c1OCC2. The fraction of sp³-hybridized carbons (Fsp3) is 0.520. The van der Waals surface area contributed by atoms with E-state index in [1.165, 1.54) is 0 Å². The van der Waals surface area contributed by atoms with E-state index in [0.29, 0.717) is 46.3 Å². The van der Waals surface area contributed by atoms with E-state index in [9.17, 15) is 18.3 Å². The lowest BCUT2D eigenvalue weighted by atomic mass is 9.73. The highest BCUT2D eigenvalue weighted by Crippen LogP contribution is 2.47.